The third kappa shape index (κ3) is 3.69. The summed E-state index contributed by atoms with van der Waals surface area (Å²) in [5, 5.41) is 8.98. The summed E-state index contributed by atoms with van der Waals surface area (Å²) in [5.74, 6) is -3.32. The molecule has 120 valence electrons. The highest BCUT2D eigenvalue weighted by molar-refractivity contribution is 5.80. The van der Waals surface area contributed by atoms with Gasteiger partial charge in [0.05, 0.1) is 5.92 Å². The maximum absolute atomic E-state index is 12.7. The summed E-state index contributed by atoms with van der Waals surface area (Å²) in [6.07, 6.45) is -6.25. The van der Waals surface area contributed by atoms with Crippen LogP contribution in [0.3, 0.4) is 0 Å². The number of amides is 1. The fourth-order valence-corrected chi connectivity index (χ4v) is 2.31. The number of carboxylic acids is 1. The number of halogens is 3. The fourth-order valence-electron chi connectivity index (χ4n) is 2.31. The van der Waals surface area contributed by atoms with Gasteiger partial charge in [-0.05, 0) is 12.0 Å². The molecule has 1 aromatic rings. The number of aliphatic carboxylic acids is 1. The number of ether oxygens (including phenoxy) is 1. The molecule has 5 nitrogen and oxygen atoms in total. The molecule has 0 bridgehead atoms. The molecule has 1 N–H and O–H groups in total. The number of rotatable bonds is 3. The predicted octanol–water partition coefficient (Wildman–Crippen LogP) is 2.66. The third-order valence-corrected chi connectivity index (χ3v) is 3.49. The number of likely N-dealkylation sites (tertiary alicyclic amines) is 1. The number of carbonyl (C=O) groups excluding carboxylic acids is 1. The number of hydrogen-bond acceptors (Lipinski definition) is 3. The van der Waals surface area contributed by atoms with Crippen LogP contribution in [0.2, 0.25) is 0 Å². The van der Waals surface area contributed by atoms with E-state index in [0.29, 0.717) is 10.5 Å². The van der Waals surface area contributed by atoms with Crippen LogP contribution in [0, 0.1) is 5.92 Å². The highest BCUT2D eigenvalue weighted by Crippen LogP contribution is 2.37. The maximum atomic E-state index is 12.7. The Morgan fingerprint density at radius 2 is 1.91 bits per heavy atom. The SMILES string of the molecule is O=C(O)C1CC(C(F)(F)F)CN1C(=O)OCc1ccccc1. The second-order valence-corrected chi connectivity index (χ2v) is 5.02. The van der Waals surface area contributed by atoms with Crippen molar-refractivity contribution in [2.45, 2.75) is 25.2 Å². The van der Waals surface area contributed by atoms with E-state index < -0.39 is 43.2 Å². The quantitative estimate of drug-likeness (QED) is 0.931. The van der Waals surface area contributed by atoms with Crippen LogP contribution in [-0.4, -0.2) is 40.8 Å². The van der Waals surface area contributed by atoms with E-state index in [1.54, 1.807) is 30.3 Å². The van der Waals surface area contributed by atoms with Gasteiger partial charge in [0, 0.05) is 6.54 Å². The Balaban J connectivity index is 2.02. The number of alkyl halides is 3. The summed E-state index contributed by atoms with van der Waals surface area (Å²) in [6, 6.07) is 7.06. The van der Waals surface area contributed by atoms with Gasteiger partial charge in [0.25, 0.3) is 0 Å². The van der Waals surface area contributed by atoms with Gasteiger partial charge in [0.15, 0.2) is 0 Å². The molecule has 8 heteroatoms. The standard InChI is InChI=1S/C14H14F3NO4/c15-14(16,17)10-6-11(12(19)20)18(7-10)13(21)22-8-9-4-2-1-3-5-9/h1-5,10-11H,6-8H2,(H,19,20). The van der Waals surface area contributed by atoms with Crippen molar-refractivity contribution in [2.24, 2.45) is 5.92 Å². The Hall–Kier alpha value is -2.25. The first-order valence-electron chi connectivity index (χ1n) is 6.56. The lowest BCUT2D eigenvalue weighted by Gasteiger charge is -2.21. The molecule has 2 rings (SSSR count). The van der Waals surface area contributed by atoms with E-state index in [-0.39, 0.29) is 6.61 Å². The molecule has 0 aliphatic carbocycles. The van der Waals surface area contributed by atoms with Crippen molar-refractivity contribution < 1.29 is 32.6 Å². The summed E-state index contributed by atoms with van der Waals surface area (Å²) in [4.78, 5) is 23.6. The van der Waals surface area contributed by atoms with Crippen molar-refractivity contribution in [1.82, 2.24) is 4.90 Å². The maximum Gasteiger partial charge on any atom is 0.410 e. The predicted molar refractivity (Wildman–Crippen MR) is 68.9 cm³/mol. The molecule has 0 radical (unpaired) electrons. The minimum absolute atomic E-state index is 0.126. The van der Waals surface area contributed by atoms with Crippen LogP contribution in [-0.2, 0) is 16.1 Å². The number of nitrogens with zero attached hydrogens (tertiary/aromatic N) is 1. The molecule has 0 saturated carbocycles. The van der Waals surface area contributed by atoms with E-state index in [4.69, 9.17) is 9.84 Å². The van der Waals surface area contributed by atoms with Crippen LogP contribution in [0.15, 0.2) is 30.3 Å². The van der Waals surface area contributed by atoms with E-state index in [1.807, 2.05) is 0 Å². The molecule has 1 aliphatic rings. The third-order valence-electron chi connectivity index (χ3n) is 3.49. The van der Waals surface area contributed by atoms with Gasteiger partial charge in [0.1, 0.15) is 12.6 Å². The second-order valence-electron chi connectivity index (χ2n) is 5.02. The lowest BCUT2D eigenvalue weighted by molar-refractivity contribution is -0.170. The van der Waals surface area contributed by atoms with Crippen molar-refractivity contribution in [3.05, 3.63) is 35.9 Å². The van der Waals surface area contributed by atoms with Crippen LogP contribution in [0.4, 0.5) is 18.0 Å². The van der Waals surface area contributed by atoms with Crippen LogP contribution in [0.5, 0.6) is 0 Å². The molecule has 2 atom stereocenters. The minimum Gasteiger partial charge on any atom is -0.480 e. The summed E-state index contributed by atoms with van der Waals surface area (Å²) in [7, 11) is 0. The molecule has 1 aliphatic heterocycles. The van der Waals surface area contributed by atoms with E-state index in [9.17, 15) is 22.8 Å². The van der Waals surface area contributed by atoms with Gasteiger partial charge >= 0.3 is 18.2 Å². The van der Waals surface area contributed by atoms with Crippen LogP contribution < -0.4 is 0 Å². The van der Waals surface area contributed by atoms with Crippen LogP contribution in [0.1, 0.15) is 12.0 Å². The van der Waals surface area contributed by atoms with Gasteiger partial charge < -0.3 is 9.84 Å². The Kier molecular flexibility index (Phi) is 4.58. The lowest BCUT2D eigenvalue weighted by atomic mass is 10.1. The highest BCUT2D eigenvalue weighted by atomic mass is 19.4. The average Bonchev–Trinajstić information content (AvgIpc) is 2.91. The fraction of sp³-hybridized carbons (Fsp3) is 0.429. The molecule has 1 amide bonds. The topological polar surface area (TPSA) is 66.8 Å². The van der Waals surface area contributed by atoms with E-state index in [0.717, 1.165) is 0 Å². The zero-order valence-corrected chi connectivity index (χ0v) is 11.4. The zero-order chi connectivity index (χ0) is 16.3. The molecule has 1 aromatic carbocycles. The van der Waals surface area contributed by atoms with Gasteiger partial charge in [-0.15, -0.1) is 0 Å². The first-order chi connectivity index (χ1) is 10.3. The van der Waals surface area contributed by atoms with E-state index >= 15 is 0 Å². The average molecular weight is 317 g/mol. The number of carbonyl (C=O) groups is 2. The Morgan fingerprint density at radius 3 is 2.45 bits per heavy atom. The summed E-state index contributed by atoms with van der Waals surface area (Å²) in [6.45, 7) is -0.826. The molecule has 1 fully saturated rings. The number of carboxylic acid groups (broad SMARTS) is 1. The largest absolute Gasteiger partial charge is 0.480 e. The Bertz CT molecular complexity index is 547. The number of benzene rings is 1. The molecular formula is C14H14F3NO4. The smallest absolute Gasteiger partial charge is 0.410 e. The van der Waals surface area contributed by atoms with Gasteiger partial charge in [-0.25, -0.2) is 9.59 Å². The summed E-state index contributed by atoms with van der Waals surface area (Å²) in [5.41, 5.74) is 0.661. The van der Waals surface area contributed by atoms with E-state index in [2.05, 4.69) is 0 Å². The van der Waals surface area contributed by atoms with Gasteiger partial charge in [-0.3, -0.25) is 4.90 Å². The normalized spacial score (nSPS) is 21.7. The monoisotopic (exact) mass is 317 g/mol. The van der Waals surface area contributed by atoms with Crippen molar-refractivity contribution in [1.29, 1.82) is 0 Å². The lowest BCUT2D eigenvalue weighted by Crippen LogP contribution is -2.41. The Morgan fingerprint density at radius 1 is 1.27 bits per heavy atom. The van der Waals surface area contributed by atoms with Crippen molar-refractivity contribution in [2.75, 3.05) is 6.54 Å². The molecule has 2 unspecified atom stereocenters. The van der Waals surface area contributed by atoms with Gasteiger partial charge in [-0.1, -0.05) is 30.3 Å². The molecular weight excluding hydrogens is 303 g/mol. The minimum atomic E-state index is -4.54. The zero-order valence-electron chi connectivity index (χ0n) is 11.4. The van der Waals surface area contributed by atoms with E-state index in [1.165, 1.54) is 0 Å². The first-order valence-corrected chi connectivity index (χ1v) is 6.56. The molecule has 22 heavy (non-hydrogen) atoms. The van der Waals surface area contributed by atoms with Gasteiger partial charge in [-0.2, -0.15) is 13.2 Å². The summed E-state index contributed by atoms with van der Waals surface area (Å²) < 4.78 is 43.0. The second kappa shape index (κ2) is 6.25. The summed E-state index contributed by atoms with van der Waals surface area (Å²) >= 11 is 0. The molecule has 0 spiro atoms. The molecule has 1 saturated heterocycles. The van der Waals surface area contributed by atoms with Crippen LogP contribution >= 0.6 is 0 Å². The van der Waals surface area contributed by atoms with Gasteiger partial charge in [0.2, 0.25) is 0 Å². The van der Waals surface area contributed by atoms with Crippen LogP contribution in [0.25, 0.3) is 0 Å². The van der Waals surface area contributed by atoms with Crippen molar-refractivity contribution >= 4 is 12.1 Å². The number of hydrogen-bond donors (Lipinski definition) is 1. The van der Waals surface area contributed by atoms with Crippen molar-refractivity contribution in [3.8, 4) is 0 Å². The first kappa shape index (κ1) is 16.1. The molecule has 0 aromatic heterocycles. The molecule has 1 heterocycles. The van der Waals surface area contributed by atoms with Crippen molar-refractivity contribution in [3.63, 3.8) is 0 Å². The Labute approximate surface area is 124 Å². The highest BCUT2D eigenvalue weighted by Gasteiger charge is 2.51.